The Balaban J connectivity index is 1.83. The van der Waals surface area contributed by atoms with Crippen LogP contribution in [-0.4, -0.2) is 21.8 Å². The molecule has 5 rings (SSSR count). The molecule has 2 N–H and O–H groups in total. The highest BCUT2D eigenvalue weighted by atomic mass is 79.9. The summed E-state index contributed by atoms with van der Waals surface area (Å²) in [5.74, 6) is -1.54. The average molecular weight is 515 g/mol. The van der Waals surface area contributed by atoms with Crippen molar-refractivity contribution in [3.05, 3.63) is 105 Å². The van der Waals surface area contributed by atoms with Crippen molar-refractivity contribution >= 4 is 50.0 Å². The van der Waals surface area contributed by atoms with E-state index in [1.165, 1.54) is 4.90 Å². The van der Waals surface area contributed by atoms with Gasteiger partial charge in [-0.1, -0.05) is 52.3 Å². The number of carbonyl (C=O) groups excluding carboxylic acids is 2. The molecule has 3 aromatic carbocycles. The van der Waals surface area contributed by atoms with Gasteiger partial charge in [0.15, 0.2) is 0 Å². The summed E-state index contributed by atoms with van der Waals surface area (Å²) >= 11 is 3.40. The maximum Gasteiger partial charge on any atom is 0.300 e. The van der Waals surface area contributed by atoms with E-state index < -0.39 is 17.7 Å². The zero-order valence-electron chi connectivity index (χ0n) is 19.0. The fourth-order valence-corrected chi connectivity index (χ4v) is 5.14. The van der Waals surface area contributed by atoms with E-state index in [1.54, 1.807) is 24.3 Å². The standard InChI is InChI=1S/C28H23BrN2O3/c1-15-12-16(2)14-20(13-15)31-25(23-17(3)30-22-7-5-4-6-21(22)23)24(27(33)28(31)34)26(32)18-8-10-19(29)11-9-18/h4-14,25,30,32H,1-3H3/b26-24+. The molecule has 170 valence electrons. The van der Waals surface area contributed by atoms with Gasteiger partial charge in [-0.25, -0.2) is 0 Å². The quantitative estimate of drug-likeness (QED) is 0.186. The van der Waals surface area contributed by atoms with E-state index in [-0.39, 0.29) is 11.3 Å². The Hall–Kier alpha value is -3.64. The first-order valence-electron chi connectivity index (χ1n) is 11.0. The van der Waals surface area contributed by atoms with Crippen molar-refractivity contribution in [1.29, 1.82) is 0 Å². The first-order valence-corrected chi connectivity index (χ1v) is 11.8. The van der Waals surface area contributed by atoms with Crippen LogP contribution >= 0.6 is 15.9 Å². The second kappa shape index (κ2) is 8.29. The zero-order valence-corrected chi connectivity index (χ0v) is 20.6. The number of rotatable bonds is 3. The summed E-state index contributed by atoms with van der Waals surface area (Å²) in [5, 5.41) is 12.3. The molecule has 5 nitrogen and oxygen atoms in total. The first kappa shape index (κ1) is 22.2. The van der Waals surface area contributed by atoms with Gasteiger partial charge in [0.05, 0.1) is 11.6 Å². The minimum Gasteiger partial charge on any atom is -0.507 e. The Bertz CT molecular complexity index is 1480. The van der Waals surface area contributed by atoms with Crippen LogP contribution in [0, 0.1) is 20.8 Å². The zero-order chi connectivity index (χ0) is 24.1. The lowest BCUT2D eigenvalue weighted by Gasteiger charge is -2.26. The smallest absolute Gasteiger partial charge is 0.300 e. The van der Waals surface area contributed by atoms with E-state index in [2.05, 4.69) is 20.9 Å². The summed E-state index contributed by atoms with van der Waals surface area (Å²) in [7, 11) is 0. The largest absolute Gasteiger partial charge is 0.507 e. The molecule has 1 aliphatic rings. The van der Waals surface area contributed by atoms with Gasteiger partial charge in [-0.15, -0.1) is 0 Å². The van der Waals surface area contributed by atoms with Crippen LogP contribution in [0.5, 0.6) is 0 Å². The number of ketones is 1. The number of H-pyrrole nitrogens is 1. The van der Waals surface area contributed by atoms with Gasteiger partial charge in [0.2, 0.25) is 0 Å². The van der Waals surface area contributed by atoms with Gasteiger partial charge >= 0.3 is 0 Å². The number of amides is 1. The maximum absolute atomic E-state index is 13.5. The number of hydrogen-bond acceptors (Lipinski definition) is 3. The predicted octanol–water partition coefficient (Wildman–Crippen LogP) is 6.48. The number of fused-ring (bicyclic) bond motifs is 1. The lowest BCUT2D eigenvalue weighted by atomic mass is 9.93. The van der Waals surface area contributed by atoms with E-state index in [0.717, 1.165) is 37.8 Å². The van der Waals surface area contributed by atoms with Gasteiger partial charge in [0.1, 0.15) is 5.76 Å². The molecular weight excluding hydrogens is 492 g/mol. The summed E-state index contributed by atoms with van der Waals surface area (Å²) in [6, 6.07) is 19.9. The fourth-order valence-electron chi connectivity index (χ4n) is 4.88. The van der Waals surface area contributed by atoms with E-state index >= 15 is 0 Å². The molecule has 1 amide bonds. The normalized spacial score (nSPS) is 17.6. The monoisotopic (exact) mass is 514 g/mol. The number of aliphatic hydroxyl groups excluding tert-OH is 1. The van der Waals surface area contributed by atoms with Crippen molar-refractivity contribution in [2.75, 3.05) is 4.90 Å². The molecule has 0 spiro atoms. The molecule has 1 aromatic heterocycles. The third-order valence-corrected chi connectivity index (χ3v) is 6.79. The second-order valence-corrected chi connectivity index (χ2v) is 9.65. The number of Topliss-reactive ketones (excluding diaryl/α,β-unsaturated/α-hetero) is 1. The van der Waals surface area contributed by atoms with Gasteiger partial charge in [-0.05, 0) is 62.2 Å². The molecule has 0 radical (unpaired) electrons. The van der Waals surface area contributed by atoms with Crippen molar-refractivity contribution in [2.45, 2.75) is 26.8 Å². The number of carbonyl (C=O) groups is 2. The SMILES string of the molecule is Cc1cc(C)cc(N2C(=O)C(=O)/C(=C(/O)c3ccc(Br)cc3)C2c2c(C)[nH]c3ccccc23)c1. The van der Waals surface area contributed by atoms with E-state index in [1.807, 2.05) is 63.2 Å². The number of aryl methyl sites for hydroxylation is 3. The summed E-state index contributed by atoms with van der Waals surface area (Å²) in [5.41, 5.74) is 5.70. The topological polar surface area (TPSA) is 73.4 Å². The number of benzene rings is 3. The molecule has 6 heteroatoms. The van der Waals surface area contributed by atoms with Crippen molar-refractivity contribution in [2.24, 2.45) is 0 Å². The lowest BCUT2D eigenvalue weighted by Crippen LogP contribution is -2.29. The highest BCUT2D eigenvalue weighted by Crippen LogP contribution is 2.45. The van der Waals surface area contributed by atoms with Crippen molar-refractivity contribution in [3.63, 3.8) is 0 Å². The van der Waals surface area contributed by atoms with Crippen molar-refractivity contribution < 1.29 is 14.7 Å². The number of nitrogens with zero attached hydrogens (tertiary/aromatic N) is 1. The molecule has 0 aliphatic carbocycles. The van der Waals surface area contributed by atoms with E-state index in [4.69, 9.17) is 0 Å². The van der Waals surface area contributed by atoms with E-state index in [9.17, 15) is 14.7 Å². The highest BCUT2D eigenvalue weighted by Gasteiger charge is 2.48. The predicted molar refractivity (Wildman–Crippen MR) is 138 cm³/mol. The number of hydrogen-bond donors (Lipinski definition) is 2. The van der Waals surface area contributed by atoms with Gasteiger partial charge in [-0.2, -0.15) is 0 Å². The Morgan fingerprint density at radius 3 is 2.26 bits per heavy atom. The van der Waals surface area contributed by atoms with Gasteiger partial charge in [0, 0.05) is 37.9 Å². The average Bonchev–Trinajstić information content (AvgIpc) is 3.25. The molecule has 2 heterocycles. The van der Waals surface area contributed by atoms with Crippen LogP contribution in [0.4, 0.5) is 5.69 Å². The Kier molecular flexibility index (Phi) is 5.41. The molecule has 34 heavy (non-hydrogen) atoms. The third-order valence-electron chi connectivity index (χ3n) is 6.26. The van der Waals surface area contributed by atoms with Gasteiger partial charge in [-0.3, -0.25) is 14.5 Å². The Morgan fingerprint density at radius 2 is 1.59 bits per heavy atom. The van der Waals surface area contributed by atoms with Crippen LogP contribution in [0.2, 0.25) is 0 Å². The molecule has 1 aliphatic heterocycles. The molecule has 0 saturated carbocycles. The van der Waals surface area contributed by atoms with Crippen LogP contribution < -0.4 is 4.90 Å². The van der Waals surface area contributed by atoms with Crippen molar-refractivity contribution in [3.8, 4) is 0 Å². The number of para-hydroxylation sites is 1. The van der Waals surface area contributed by atoms with Gasteiger partial charge in [0.25, 0.3) is 11.7 Å². The number of aromatic nitrogens is 1. The maximum atomic E-state index is 13.5. The van der Waals surface area contributed by atoms with Crippen LogP contribution in [0.15, 0.2) is 76.8 Å². The van der Waals surface area contributed by atoms with Crippen LogP contribution in [0.1, 0.15) is 34.0 Å². The molecule has 0 bridgehead atoms. The van der Waals surface area contributed by atoms with Crippen molar-refractivity contribution in [1.82, 2.24) is 4.98 Å². The summed E-state index contributed by atoms with van der Waals surface area (Å²) in [6.07, 6.45) is 0. The molecule has 1 fully saturated rings. The minimum absolute atomic E-state index is 0.0827. The van der Waals surface area contributed by atoms with Crippen LogP contribution in [0.3, 0.4) is 0 Å². The molecular formula is C28H23BrN2O3. The number of aliphatic hydroxyl groups is 1. The lowest BCUT2D eigenvalue weighted by molar-refractivity contribution is -0.132. The summed E-state index contributed by atoms with van der Waals surface area (Å²) in [6.45, 7) is 5.85. The first-order chi connectivity index (χ1) is 16.3. The van der Waals surface area contributed by atoms with Crippen LogP contribution in [-0.2, 0) is 9.59 Å². The summed E-state index contributed by atoms with van der Waals surface area (Å²) < 4.78 is 0.851. The highest BCUT2D eigenvalue weighted by molar-refractivity contribution is 9.10. The summed E-state index contributed by atoms with van der Waals surface area (Å²) in [4.78, 5) is 31.9. The molecule has 1 saturated heterocycles. The molecule has 1 unspecified atom stereocenters. The minimum atomic E-state index is -0.777. The number of anilines is 1. The fraction of sp³-hybridized carbons (Fsp3) is 0.143. The number of aromatic amines is 1. The Morgan fingerprint density at radius 1 is 0.941 bits per heavy atom. The van der Waals surface area contributed by atoms with Gasteiger partial charge < -0.3 is 10.1 Å². The Labute approximate surface area is 205 Å². The second-order valence-electron chi connectivity index (χ2n) is 8.73. The third kappa shape index (κ3) is 3.55. The van der Waals surface area contributed by atoms with E-state index in [0.29, 0.717) is 11.3 Å². The van der Waals surface area contributed by atoms with Crippen LogP contribution in [0.25, 0.3) is 16.7 Å². The number of halogens is 1. The molecule has 1 atom stereocenters. The number of nitrogens with one attached hydrogen (secondary N) is 1. The molecule has 4 aromatic rings.